The maximum Gasteiger partial charge on any atom is 0.243 e. The lowest BCUT2D eigenvalue weighted by atomic mass is 10.2. The number of fused-ring (bicyclic) bond motifs is 1. The standard InChI is InChI=1S/C25H26N4O3S.ClH/c1-4-29(5-2)33(30,31)19-15-16-23(32-3)22(17-19)27-25-20-13-9-10-14-21(20)26-24(28-25)18-11-7-6-8-12-18;/h6-17H,4-5H2,1-3H3,(H,26,27,28);1H. The molecule has 34 heavy (non-hydrogen) atoms. The predicted molar refractivity (Wildman–Crippen MR) is 139 cm³/mol. The van der Waals surface area contributed by atoms with Gasteiger partial charge in [0.1, 0.15) is 11.6 Å². The fourth-order valence-electron chi connectivity index (χ4n) is 3.67. The highest BCUT2D eigenvalue weighted by molar-refractivity contribution is 7.89. The molecule has 1 aromatic heterocycles. The van der Waals surface area contributed by atoms with E-state index in [9.17, 15) is 8.42 Å². The number of hydrogen-bond donors (Lipinski definition) is 1. The summed E-state index contributed by atoms with van der Waals surface area (Å²) in [6.45, 7) is 4.43. The normalized spacial score (nSPS) is 11.3. The average molecular weight is 499 g/mol. The second-order valence-electron chi connectivity index (χ2n) is 7.36. The Bertz CT molecular complexity index is 1380. The van der Waals surface area contributed by atoms with Crippen LogP contribution in [0.3, 0.4) is 0 Å². The summed E-state index contributed by atoms with van der Waals surface area (Å²) >= 11 is 0. The molecule has 1 heterocycles. The molecule has 4 rings (SSSR count). The summed E-state index contributed by atoms with van der Waals surface area (Å²) < 4.78 is 33.1. The zero-order chi connectivity index (χ0) is 23.4. The molecule has 0 bridgehead atoms. The molecule has 0 amide bonds. The van der Waals surface area contributed by atoms with Gasteiger partial charge in [-0.15, -0.1) is 12.4 Å². The Morgan fingerprint density at radius 2 is 1.59 bits per heavy atom. The summed E-state index contributed by atoms with van der Waals surface area (Å²) in [5.74, 6) is 1.65. The third kappa shape index (κ3) is 4.99. The first-order valence-corrected chi connectivity index (χ1v) is 12.2. The van der Waals surface area contributed by atoms with Crippen molar-refractivity contribution in [1.29, 1.82) is 0 Å². The van der Waals surface area contributed by atoms with Gasteiger partial charge < -0.3 is 10.1 Å². The first kappa shape index (κ1) is 25.4. The SMILES string of the molecule is CCN(CC)S(=O)(=O)c1ccc(OC)c(Nc2nc(-c3ccccc3)nc3ccccc23)c1.Cl. The lowest BCUT2D eigenvalue weighted by Crippen LogP contribution is -2.30. The van der Waals surface area contributed by atoms with Gasteiger partial charge in [0.05, 0.1) is 23.2 Å². The molecule has 0 saturated carbocycles. The molecule has 0 saturated heterocycles. The molecule has 0 fully saturated rings. The van der Waals surface area contributed by atoms with E-state index < -0.39 is 10.0 Å². The minimum atomic E-state index is -3.63. The van der Waals surface area contributed by atoms with E-state index in [2.05, 4.69) is 5.32 Å². The van der Waals surface area contributed by atoms with Crippen LogP contribution in [0, 0.1) is 0 Å². The Morgan fingerprint density at radius 1 is 0.912 bits per heavy atom. The van der Waals surface area contributed by atoms with Gasteiger partial charge in [-0.25, -0.2) is 18.4 Å². The summed E-state index contributed by atoms with van der Waals surface area (Å²) in [6, 6.07) is 22.2. The van der Waals surface area contributed by atoms with Crippen LogP contribution in [0.15, 0.2) is 77.7 Å². The van der Waals surface area contributed by atoms with Gasteiger partial charge in [0.25, 0.3) is 0 Å². The number of nitrogens with one attached hydrogen (secondary N) is 1. The number of aromatic nitrogens is 2. The molecule has 1 N–H and O–H groups in total. The smallest absolute Gasteiger partial charge is 0.243 e. The molecule has 0 atom stereocenters. The summed E-state index contributed by atoms with van der Waals surface area (Å²) in [6.07, 6.45) is 0. The molecule has 178 valence electrons. The predicted octanol–water partition coefficient (Wildman–Crippen LogP) is 5.50. The Balaban J connectivity index is 0.00000324. The van der Waals surface area contributed by atoms with Crippen LogP contribution in [0.1, 0.15) is 13.8 Å². The molecule has 0 aliphatic rings. The fourth-order valence-corrected chi connectivity index (χ4v) is 5.16. The van der Waals surface area contributed by atoms with Crippen LogP contribution < -0.4 is 10.1 Å². The van der Waals surface area contributed by atoms with Gasteiger partial charge in [0.2, 0.25) is 10.0 Å². The molecule has 9 heteroatoms. The molecule has 0 aliphatic carbocycles. The van der Waals surface area contributed by atoms with Crippen LogP contribution in [0.4, 0.5) is 11.5 Å². The van der Waals surface area contributed by atoms with Crippen molar-refractivity contribution in [2.24, 2.45) is 0 Å². The zero-order valence-electron chi connectivity index (χ0n) is 19.2. The lowest BCUT2D eigenvalue weighted by molar-refractivity contribution is 0.416. The number of sulfonamides is 1. The van der Waals surface area contributed by atoms with Crippen molar-refractivity contribution in [3.63, 3.8) is 0 Å². The minimum Gasteiger partial charge on any atom is -0.495 e. The lowest BCUT2D eigenvalue weighted by Gasteiger charge is -2.20. The molecule has 0 spiro atoms. The highest BCUT2D eigenvalue weighted by Crippen LogP contribution is 2.34. The molecule has 3 aromatic carbocycles. The van der Waals surface area contributed by atoms with E-state index in [1.54, 1.807) is 25.3 Å². The van der Waals surface area contributed by atoms with Crippen LogP contribution in [0.2, 0.25) is 0 Å². The van der Waals surface area contributed by atoms with Crippen molar-refractivity contribution < 1.29 is 13.2 Å². The van der Waals surface area contributed by atoms with Gasteiger partial charge in [-0.2, -0.15) is 4.31 Å². The van der Waals surface area contributed by atoms with Gasteiger partial charge in [-0.3, -0.25) is 0 Å². The number of methoxy groups -OCH3 is 1. The molecular weight excluding hydrogens is 472 g/mol. The van der Waals surface area contributed by atoms with E-state index in [1.807, 2.05) is 68.4 Å². The first-order valence-electron chi connectivity index (χ1n) is 10.7. The third-order valence-corrected chi connectivity index (χ3v) is 7.45. The van der Waals surface area contributed by atoms with E-state index in [0.29, 0.717) is 36.2 Å². The second kappa shape index (κ2) is 10.8. The molecule has 0 radical (unpaired) electrons. The number of halogens is 1. The van der Waals surface area contributed by atoms with Crippen LogP contribution in [-0.2, 0) is 10.0 Å². The van der Waals surface area contributed by atoms with E-state index in [1.165, 1.54) is 4.31 Å². The molecule has 4 aromatic rings. The molecule has 7 nitrogen and oxygen atoms in total. The van der Waals surface area contributed by atoms with Crippen LogP contribution in [0.5, 0.6) is 5.75 Å². The quantitative estimate of drug-likeness (QED) is 0.345. The van der Waals surface area contributed by atoms with Crippen LogP contribution >= 0.6 is 12.4 Å². The fraction of sp³-hybridized carbons (Fsp3) is 0.200. The van der Waals surface area contributed by atoms with Gasteiger partial charge >= 0.3 is 0 Å². The maximum absolute atomic E-state index is 13.1. The van der Waals surface area contributed by atoms with Crippen molar-refractivity contribution in [3.05, 3.63) is 72.8 Å². The van der Waals surface area contributed by atoms with E-state index in [0.717, 1.165) is 16.5 Å². The number of benzene rings is 3. The number of rotatable bonds is 8. The van der Waals surface area contributed by atoms with Crippen LogP contribution in [0.25, 0.3) is 22.3 Å². The number of ether oxygens (including phenoxy) is 1. The van der Waals surface area contributed by atoms with Gasteiger partial charge in [-0.05, 0) is 30.3 Å². The molecular formula is C25H27ClN4O3S. The highest BCUT2D eigenvalue weighted by Gasteiger charge is 2.23. The third-order valence-electron chi connectivity index (χ3n) is 5.40. The van der Waals surface area contributed by atoms with E-state index >= 15 is 0 Å². The monoisotopic (exact) mass is 498 g/mol. The van der Waals surface area contributed by atoms with Gasteiger partial charge in [0, 0.05) is 24.0 Å². The zero-order valence-corrected chi connectivity index (χ0v) is 20.9. The number of nitrogens with zero attached hydrogens (tertiary/aromatic N) is 3. The number of anilines is 2. The van der Waals surface area contributed by atoms with Crippen molar-refractivity contribution in [2.75, 3.05) is 25.5 Å². The summed E-state index contributed by atoms with van der Waals surface area (Å²) in [4.78, 5) is 9.66. The Kier molecular flexibility index (Phi) is 8.09. The van der Waals surface area contributed by atoms with Crippen molar-refractivity contribution in [1.82, 2.24) is 14.3 Å². The van der Waals surface area contributed by atoms with E-state index in [-0.39, 0.29) is 17.3 Å². The van der Waals surface area contributed by atoms with Crippen molar-refractivity contribution in [3.8, 4) is 17.1 Å². The maximum atomic E-state index is 13.1. The topological polar surface area (TPSA) is 84.4 Å². The van der Waals surface area contributed by atoms with Gasteiger partial charge in [-0.1, -0.05) is 56.3 Å². The second-order valence-corrected chi connectivity index (χ2v) is 9.29. The summed E-state index contributed by atoms with van der Waals surface area (Å²) in [5.41, 5.74) is 2.17. The highest BCUT2D eigenvalue weighted by atomic mass is 35.5. The van der Waals surface area contributed by atoms with E-state index in [4.69, 9.17) is 14.7 Å². The molecule has 0 aliphatic heterocycles. The average Bonchev–Trinajstić information content (AvgIpc) is 2.85. The summed E-state index contributed by atoms with van der Waals surface area (Å²) in [7, 11) is -2.08. The van der Waals surface area contributed by atoms with Crippen LogP contribution in [-0.4, -0.2) is 42.9 Å². The van der Waals surface area contributed by atoms with Crippen molar-refractivity contribution in [2.45, 2.75) is 18.7 Å². The summed E-state index contributed by atoms with van der Waals surface area (Å²) in [5, 5.41) is 4.12. The minimum absolute atomic E-state index is 0. The number of hydrogen-bond acceptors (Lipinski definition) is 6. The number of para-hydroxylation sites is 1. The van der Waals surface area contributed by atoms with Crippen molar-refractivity contribution >= 4 is 44.8 Å². The Morgan fingerprint density at radius 3 is 2.26 bits per heavy atom. The largest absolute Gasteiger partial charge is 0.495 e. The molecule has 0 unspecified atom stereocenters. The first-order chi connectivity index (χ1) is 16.0. The van der Waals surface area contributed by atoms with Gasteiger partial charge in [0.15, 0.2) is 5.82 Å². The Labute approximate surface area is 206 Å². The Hall–Kier alpha value is -3.20.